The molecule has 4 aromatic rings. The molecule has 210 valence electrons. The lowest BCUT2D eigenvalue weighted by molar-refractivity contribution is 0.0955. The van der Waals surface area contributed by atoms with Crippen LogP contribution in [-0.2, 0) is 6.42 Å². The molecule has 3 heterocycles. The monoisotopic (exact) mass is 554 g/mol. The number of rotatable bonds is 7. The summed E-state index contributed by atoms with van der Waals surface area (Å²) in [6.45, 7) is 0.953. The normalized spacial score (nSPS) is 16.0. The quantitative estimate of drug-likeness (QED) is 0.272. The van der Waals surface area contributed by atoms with Gasteiger partial charge in [0.2, 0.25) is 12.5 Å². The van der Waals surface area contributed by atoms with E-state index in [0.717, 1.165) is 35.3 Å². The molecule has 2 aliphatic heterocycles. The molecule has 0 unspecified atom stereocenters. The molecule has 1 amide bonds. The summed E-state index contributed by atoms with van der Waals surface area (Å²) in [5.41, 5.74) is 7.77. The molecule has 12 heteroatoms. The van der Waals surface area contributed by atoms with Gasteiger partial charge in [0.25, 0.3) is 5.91 Å². The van der Waals surface area contributed by atoms with Gasteiger partial charge in [0.15, 0.2) is 17.3 Å². The summed E-state index contributed by atoms with van der Waals surface area (Å²) < 4.78 is 18.9. The van der Waals surface area contributed by atoms with Crippen LogP contribution in [0.5, 0.6) is 17.2 Å². The number of amides is 1. The second kappa shape index (κ2) is 10.9. The number of hydrazone groups is 1. The first kappa shape index (κ1) is 26.3. The maximum atomic E-state index is 12.7. The fraction of sp³-hybridized carbons (Fsp3) is 0.276. The van der Waals surface area contributed by atoms with Crippen LogP contribution in [0.2, 0.25) is 0 Å². The van der Waals surface area contributed by atoms with E-state index in [4.69, 9.17) is 14.2 Å². The minimum Gasteiger partial charge on any atom is -0.492 e. The van der Waals surface area contributed by atoms with Gasteiger partial charge in [0.1, 0.15) is 6.04 Å². The van der Waals surface area contributed by atoms with Gasteiger partial charge < -0.3 is 19.1 Å². The molecule has 0 spiro atoms. The van der Waals surface area contributed by atoms with Gasteiger partial charge in [-0.15, -0.1) is 5.10 Å². The zero-order valence-electron chi connectivity index (χ0n) is 23.2. The average Bonchev–Trinajstić information content (AvgIpc) is 3.66. The Hall–Kier alpha value is -4.97. The molecule has 0 fully saturated rings. The fourth-order valence-electron chi connectivity index (χ4n) is 5.15. The first-order valence-corrected chi connectivity index (χ1v) is 13.1. The number of fused-ring (bicyclic) bond motifs is 2. The number of methoxy groups -OCH3 is 1. The Morgan fingerprint density at radius 2 is 1.93 bits per heavy atom. The summed E-state index contributed by atoms with van der Waals surface area (Å²) in [5.74, 6) is 2.20. The molecular weight excluding hydrogens is 524 g/mol. The summed E-state index contributed by atoms with van der Waals surface area (Å²) in [6, 6.07) is 16.6. The molecule has 0 aliphatic carbocycles. The van der Waals surface area contributed by atoms with Gasteiger partial charge in [0, 0.05) is 37.5 Å². The lowest BCUT2D eigenvalue weighted by Gasteiger charge is -2.34. The Morgan fingerprint density at radius 1 is 1.15 bits per heavy atom. The predicted octanol–water partition coefficient (Wildman–Crippen LogP) is 2.81. The third-order valence-corrected chi connectivity index (χ3v) is 7.30. The molecule has 0 bridgehead atoms. The summed E-state index contributed by atoms with van der Waals surface area (Å²) >= 11 is 0. The van der Waals surface area contributed by atoms with Crippen molar-refractivity contribution in [1.82, 2.24) is 30.5 Å². The van der Waals surface area contributed by atoms with E-state index >= 15 is 0 Å². The van der Waals surface area contributed by atoms with Crippen LogP contribution < -0.4 is 24.5 Å². The lowest BCUT2D eigenvalue weighted by Crippen LogP contribution is -2.35. The highest BCUT2D eigenvalue weighted by Gasteiger charge is 2.37. The highest BCUT2D eigenvalue weighted by molar-refractivity contribution is 5.95. The summed E-state index contributed by atoms with van der Waals surface area (Å²) in [5, 5.41) is 16.8. The smallest absolute Gasteiger partial charge is 0.271 e. The lowest BCUT2D eigenvalue weighted by atomic mass is 9.90. The molecule has 0 saturated heterocycles. The number of likely N-dealkylation sites (N-methyl/N-ethyl adjacent to an activating group) is 1. The minimum atomic E-state index is -0.323. The van der Waals surface area contributed by atoms with Gasteiger partial charge in [-0.05, 0) is 77.5 Å². The highest BCUT2D eigenvalue weighted by Crippen LogP contribution is 2.50. The first-order valence-electron chi connectivity index (χ1n) is 13.1. The van der Waals surface area contributed by atoms with E-state index in [0.29, 0.717) is 34.3 Å². The third kappa shape index (κ3) is 4.93. The number of nitrogens with zero attached hydrogens (tertiary/aromatic N) is 7. The number of aromatic nitrogens is 4. The molecule has 6 rings (SSSR count). The predicted molar refractivity (Wildman–Crippen MR) is 152 cm³/mol. The van der Waals surface area contributed by atoms with Crippen LogP contribution in [0, 0.1) is 0 Å². The number of anilines is 1. The number of tetrazole rings is 1. The van der Waals surface area contributed by atoms with E-state index < -0.39 is 0 Å². The van der Waals surface area contributed by atoms with Crippen molar-refractivity contribution in [2.75, 3.05) is 46.5 Å². The van der Waals surface area contributed by atoms with E-state index in [-0.39, 0.29) is 18.7 Å². The Kier molecular flexibility index (Phi) is 6.98. The van der Waals surface area contributed by atoms with E-state index in [1.54, 1.807) is 42.3 Å². The second-order valence-electron chi connectivity index (χ2n) is 10.0. The van der Waals surface area contributed by atoms with Gasteiger partial charge in [-0.25, -0.2) is 5.43 Å². The molecule has 2 aliphatic rings. The standard InChI is InChI=1S/C29H30N8O4/c1-35(2)21-9-5-18(6-10-21)16-30-32-29(38)19-7-11-22(12-8-19)37-28(31-33-34-37)25-24-20(13-14-36(25)3)15-23-26(27(24)39-4)41-17-40-23/h5-12,15-16,25H,13-14,17H2,1-4H3,(H,32,38)/t25-/m1/s1. The fourth-order valence-corrected chi connectivity index (χ4v) is 5.15. The van der Waals surface area contributed by atoms with Crippen LogP contribution in [0.25, 0.3) is 5.69 Å². The average molecular weight is 555 g/mol. The van der Waals surface area contributed by atoms with Crippen molar-refractivity contribution < 1.29 is 19.0 Å². The molecule has 41 heavy (non-hydrogen) atoms. The van der Waals surface area contributed by atoms with Crippen molar-refractivity contribution in [2.45, 2.75) is 12.5 Å². The number of nitrogens with one attached hydrogen (secondary N) is 1. The van der Waals surface area contributed by atoms with Crippen molar-refractivity contribution in [2.24, 2.45) is 5.10 Å². The molecule has 3 aromatic carbocycles. The molecule has 0 radical (unpaired) electrons. The van der Waals surface area contributed by atoms with Gasteiger partial charge in [-0.3, -0.25) is 9.69 Å². The SMILES string of the molecule is COc1c2c(cc3c1[C@H](c1nnnn1-c1ccc(C(=O)NN=Cc4ccc(N(C)C)cc4)cc1)N(C)CC3)OCO2. The number of carbonyl (C=O) groups excluding carboxylic acids is 1. The zero-order chi connectivity index (χ0) is 28.5. The van der Waals surface area contributed by atoms with Crippen molar-refractivity contribution in [3.8, 4) is 22.9 Å². The van der Waals surface area contributed by atoms with Crippen molar-refractivity contribution in [1.29, 1.82) is 0 Å². The summed E-state index contributed by atoms with van der Waals surface area (Å²) in [7, 11) is 7.62. The van der Waals surface area contributed by atoms with Crippen LogP contribution in [0.1, 0.15) is 38.9 Å². The number of carbonyl (C=O) groups is 1. The van der Waals surface area contributed by atoms with Crippen molar-refractivity contribution >= 4 is 17.8 Å². The van der Waals surface area contributed by atoms with Crippen molar-refractivity contribution in [3.05, 3.63) is 82.7 Å². The van der Waals surface area contributed by atoms with Crippen LogP contribution >= 0.6 is 0 Å². The van der Waals surface area contributed by atoms with E-state index in [2.05, 4.69) is 31.0 Å². The Balaban J connectivity index is 1.23. The number of benzene rings is 3. The van der Waals surface area contributed by atoms with Crippen molar-refractivity contribution in [3.63, 3.8) is 0 Å². The first-order chi connectivity index (χ1) is 19.9. The van der Waals surface area contributed by atoms with Crippen LogP contribution in [-0.4, -0.2) is 78.8 Å². The number of ether oxygens (including phenoxy) is 3. The summed E-state index contributed by atoms with van der Waals surface area (Å²) in [6.07, 6.45) is 2.43. The highest BCUT2D eigenvalue weighted by atomic mass is 16.7. The van der Waals surface area contributed by atoms with E-state index in [9.17, 15) is 4.79 Å². The molecule has 1 N–H and O–H groups in total. The van der Waals surface area contributed by atoms with Gasteiger partial charge >= 0.3 is 0 Å². The topological polar surface area (TPSA) is 119 Å². The largest absolute Gasteiger partial charge is 0.492 e. The molecule has 1 aromatic heterocycles. The van der Waals surface area contributed by atoms with Gasteiger partial charge in [-0.1, -0.05) is 12.1 Å². The number of hydrogen-bond acceptors (Lipinski definition) is 10. The zero-order valence-corrected chi connectivity index (χ0v) is 23.2. The second-order valence-corrected chi connectivity index (χ2v) is 10.0. The van der Waals surface area contributed by atoms with Crippen LogP contribution in [0.3, 0.4) is 0 Å². The van der Waals surface area contributed by atoms with Crippen LogP contribution in [0.4, 0.5) is 5.69 Å². The van der Waals surface area contributed by atoms with E-state index in [1.807, 2.05) is 56.4 Å². The maximum absolute atomic E-state index is 12.7. The Bertz CT molecular complexity index is 1600. The third-order valence-electron chi connectivity index (χ3n) is 7.30. The minimum absolute atomic E-state index is 0.155. The molecule has 1 atom stereocenters. The molecule has 0 saturated carbocycles. The molecular formula is C29H30N8O4. The van der Waals surface area contributed by atoms with E-state index in [1.165, 1.54) is 0 Å². The summed E-state index contributed by atoms with van der Waals surface area (Å²) in [4.78, 5) is 16.9. The maximum Gasteiger partial charge on any atom is 0.271 e. The Labute approximate surface area is 237 Å². The number of hydrogen-bond donors (Lipinski definition) is 1. The Morgan fingerprint density at radius 3 is 2.66 bits per heavy atom. The van der Waals surface area contributed by atoms with Gasteiger partial charge in [0.05, 0.1) is 19.0 Å². The molecule has 12 nitrogen and oxygen atoms in total. The van der Waals surface area contributed by atoms with Crippen LogP contribution in [0.15, 0.2) is 59.7 Å². The van der Waals surface area contributed by atoms with Gasteiger partial charge in [-0.2, -0.15) is 9.78 Å².